The molecule has 0 aliphatic carbocycles. The number of urea groups is 1. The lowest BCUT2D eigenvalue weighted by molar-refractivity contribution is -0.140. The predicted molar refractivity (Wildman–Crippen MR) is 64.9 cm³/mol. The molecule has 0 aromatic carbocycles. The number of amides is 2. The van der Waals surface area contributed by atoms with E-state index in [9.17, 15) is 9.59 Å². The van der Waals surface area contributed by atoms with E-state index in [2.05, 4.69) is 10.3 Å². The number of nitrogens with one attached hydrogen (secondary N) is 1. The van der Waals surface area contributed by atoms with E-state index in [0.29, 0.717) is 18.2 Å². The minimum Gasteiger partial charge on any atom is -0.480 e. The molecule has 1 aliphatic rings. The Hall–Kier alpha value is -1.28. The number of hydrogen-bond acceptors (Lipinski definition) is 5. The summed E-state index contributed by atoms with van der Waals surface area (Å²) < 4.78 is 0. The van der Waals surface area contributed by atoms with Crippen molar-refractivity contribution >= 4 is 35.1 Å². The van der Waals surface area contributed by atoms with Crippen molar-refractivity contribution in [1.82, 2.24) is 15.2 Å². The first kappa shape index (κ1) is 12.2. The van der Waals surface area contributed by atoms with Crippen LogP contribution >= 0.6 is 23.1 Å². The number of thiazole rings is 1. The first-order valence-electron chi connectivity index (χ1n) is 4.92. The minimum absolute atomic E-state index is 0.337. The highest BCUT2D eigenvalue weighted by Crippen LogP contribution is 2.20. The van der Waals surface area contributed by atoms with Crippen LogP contribution in [0.2, 0.25) is 0 Å². The summed E-state index contributed by atoms with van der Waals surface area (Å²) in [5.74, 6) is -0.0971. The summed E-state index contributed by atoms with van der Waals surface area (Å²) >= 11 is 2.89. The van der Waals surface area contributed by atoms with Gasteiger partial charge < -0.3 is 15.3 Å². The van der Waals surface area contributed by atoms with Crippen molar-refractivity contribution in [1.29, 1.82) is 0 Å². The van der Waals surface area contributed by atoms with Crippen LogP contribution in [0, 0.1) is 0 Å². The van der Waals surface area contributed by atoms with Crippen molar-refractivity contribution in [3.05, 3.63) is 16.6 Å². The average molecular weight is 273 g/mol. The zero-order valence-corrected chi connectivity index (χ0v) is 10.5. The molecule has 2 heterocycles. The maximum atomic E-state index is 11.8. The topological polar surface area (TPSA) is 82.5 Å². The fourth-order valence-corrected chi connectivity index (χ4v) is 3.14. The number of aliphatic carboxylic acids is 1. The smallest absolute Gasteiger partial charge is 0.327 e. The van der Waals surface area contributed by atoms with E-state index >= 15 is 0 Å². The molecule has 8 heteroatoms. The summed E-state index contributed by atoms with van der Waals surface area (Å²) in [7, 11) is 0. The Morgan fingerprint density at radius 2 is 2.47 bits per heavy atom. The quantitative estimate of drug-likeness (QED) is 0.851. The van der Waals surface area contributed by atoms with E-state index in [1.807, 2.05) is 5.38 Å². The highest BCUT2D eigenvalue weighted by Gasteiger charge is 2.34. The standard InChI is InChI=1S/C9H11N3O3S2/c13-8(14)6-4-16-5-12(6)9(15)11-3-7-10-1-2-17-7/h1-2,6H,3-5H2,(H,11,15)(H,13,14). The number of hydrogen-bond donors (Lipinski definition) is 2. The second-order valence-corrected chi connectivity index (χ2v) is 5.39. The monoisotopic (exact) mass is 273 g/mol. The highest BCUT2D eigenvalue weighted by molar-refractivity contribution is 7.99. The van der Waals surface area contributed by atoms with Crippen molar-refractivity contribution < 1.29 is 14.7 Å². The lowest BCUT2D eigenvalue weighted by Gasteiger charge is -2.20. The first-order chi connectivity index (χ1) is 8.18. The number of nitrogens with zero attached hydrogens (tertiary/aromatic N) is 2. The Kier molecular flexibility index (Phi) is 3.85. The van der Waals surface area contributed by atoms with Gasteiger partial charge in [-0.15, -0.1) is 23.1 Å². The Labute approximate surface area is 106 Å². The highest BCUT2D eigenvalue weighted by atomic mass is 32.2. The maximum Gasteiger partial charge on any atom is 0.327 e. The molecule has 2 rings (SSSR count). The molecule has 2 N–H and O–H groups in total. The molecule has 6 nitrogen and oxygen atoms in total. The molecule has 1 saturated heterocycles. The van der Waals surface area contributed by atoms with Crippen LogP contribution in [0.3, 0.4) is 0 Å². The summed E-state index contributed by atoms with van der Waals surface area (Å²) in [6.45, 7) is 0.337. The van der Waals surface area contributed by atoms with Crippen molar-refractivity contribution in [3.8, 4) is 0 Å². The second-order valence-electron chi connectivity index (χ2n) is 3.41. The van der Waals surface area contributed by atoms with Gasteiger partial charge in [0.15, 0.2) is 0 Å². The number of carbonyl (C=O) groups is 2. The molecule has 1 unspecified atom stereocenters. The van der Waals surface area contributed by atoms with Crippen LogP contribution in [0.15, 0.2) is 11.6 Å². The average Bonchev–Trinajstić information content (AvgIpc) is 2.96. The van der Waals surface area contributed by atoms with Crippen LogP contribution in [0.1, 0.15) is 5.01 Å². The van der Waals surface area contributed by atoms with Crippen molar-refractivity contribution in [2.24, 2.45) is 0 Å². The molecule has 0 spiro atoms. The third-order valence-electron chi connectivity index (χ3n) is 2.30. The van der Waals surface area contributed by atoms with Crippen molar-refractivity contribution in [3.63, 3.8) is 0 Å². The number of thioether (sulfide) groups is 1. The zero-order valence-electron chi connectivity index (χ0n) is 8.83. The summed E-state index contributed by atoms with van der Waals surface area (Å²) in [6, 6.07) is -1.08. The summed E-state index contributed by atoms with van der Waals surface area (Å²) in [4.78, 5) is 28.0. The molecule has 1 atom stereocenters. The van der Waals surface area contributed by atoms with Gasteiger partial charge in [-0.1, -0.05) is 0 Å². The van der Waals surface area contributed by atoms with Crippen LogP contribution in [-0.4, -0.2) is 44.7 Å². The number of carbonyl (C=O) groups excluding carboxylic acids is 1. The van der Waals surface area contributed by atoms with Gasteiger partial charge in [-0.2, -0.15) is 0 Å². The number of aromatic nitrogens is 1. The predicted octanol–water partition coefficient (Wildman–Crippen LogP) is 0.812. The molecule has 92 valence electrons. The van der Waals surface area contributed by atoms with E-state index in [4.69, 9.17) is 5.11 Å². The lowest BCUT2D eigenvalue weighted by Crippen LogP contribution is -2.46. The first-order valence-corrected chi connectivity index (χ1v) is 6.95. The Morgan fingerprint density at radius 1 is 1.65 bits per heavy atom. The van der Waals surface area contributed by atoms with Crippen LogP contribution < -0.4 is 5.32 Å². The number of rotatable bonds is 3. The maximum absolute atomic E-state index is 11.8. The number of carboxylic acids is 1. The normalized spacial score (nSPS) is 19.3. The largest absolute Gasteiger partial charge is 0.480 e. The van der Waals surface area contributed by atoms with E-state index in [1.165, 1.54) is 28.0 Å². The van der Waals surface area contributed by atoms with Crippen molar-refractivity contribution in [2.75, 3.05) is 11.6 Å². The number of carboxylic acid groups (broad SMARTS) is 1. The van der Waals surface area contributed by atoms with Crippen LogP contribution in [0.5, 0.6) is 0 Å². The van der Waals surface area contributed by atoms with Gasteiger partial charge >= 0.3 is 12.0 Å². The molecule has 1 fully saturated rings. The Bertz CT molecular complexity index is 410. The van der Waals surface area contributed by atoms with Gasteiger partial charge in [0.05, 0.1) is 12.4 Å². The van der Waals surface area contributed by atoms with Gasteiger partial charge in [-0.25, -0.2) is 14.6 Å². The molecule has 1 aromatic rings. The zero-order chi connectivity index (χ0) is 12.3. The fraction of sp³-hybridized carbons (Fsp3) is 0.444. The summed E-state index contributed by atoms with van der Waals surface area (Å²) in [5.41, 5.74) is 0. The van der Waals surface area contributed by atoms with E-state index in [0.717, 1.165) is 5.01 Å². The molecular weight excluding hydrogens is 262 g/mol. The van der Waals surface area contributed by atoms with Gasteiger partial charge in [0.25, 0.3) is 0 Å². The molecule has 0 bridgehead atoms. The molecule has 0 radical (unpaired) electrons. The van der Waals surface area contributed by atoms with Gasteiger partial charge in [-0.3, -0.25) is 0 Å². The molecule has 2 amide bonds. The van der Waals surface area contributed by atoms with Gasteiger partial charge in [0.1, 0.15) is 11.0 Å². The third-order valence-corrected chi connectivity index (χ3v) is 4.09. The molecular formula is C9H11N3O3S2. The van der Waals surface area contributed by atoms with E-state index in [1.54, 1.807) is 6.20 Å². The lowest BCUT2D eigenvalue weighted by atomic mass is 10.3. The molecule has 17 heavy (non-hydrogen) atoms. The minimum atomic E-state index is -0.959. The van der Waals surface area contributed by atoms with Gasteiger partial charge in [0, 0.05) is 17.3 Å². The van der Waals surface area contributed by atoms with Gasteiger partial charge in [0.2, 0.25) is 0 Å². The third kappa shape index (κ3) is 2.89. The van der Waals surface area contributed by atoms with Crippen LogP contribution in [0.25, 0.3) is 0 Å². The van der Waals surface area contributed by atoms with Crippen molar-refractivity contribution in [2.45, 2.75) is 12.6 Å². The van der Waals surface area contributed by atoms with Crippen LogP contribution in [-0.2, 0) is 11.3 Å². The molecule has 0 saturated carbocycles. The SMILES string of the molecule is O=C(O)C1CSCN1C(=O)NCc1nccs1. The van der Waals surface area contributed by atoms with E-state index < -0.39 is 12.0 Å². The second kappa shape index (κ2) is 5.37. The Morgan fingerprint density at radius 3 is 3.12 bits per heavy atom. The molecule has 1 aromatic heterocycles. The fourth-order valence-electron chi connectivity index (χ4n) is 1.44. The summed E-state index contributed by atoms with van der Waals surface area (Å²) in [5, 5.41) is 14.2. The molecule has 1 aliphatic heterocycles. The van der Waals surface area contributed by atoms with E-state index in [-0.39, 0.29) is 6.03 Å². The Balaban J connectivity index is 1.89. The van der Waals surface area contributed by atoms with Crippen LogP contribution in [0.4, 0.5) is 4.79 Å². The van der Waals surface area contributed by atoms with Gasteiger partial charge in [-0.05, 0) is 0 Å². The summed E-state index contributed by atoms with van der Waals surface area (Å²) in [6.07, 6.45) is 1.66.